The Morgan fingerprint density at radius 1 is 0.778 bits per heavy atom. The molecule has 0 spiro atoms. The van der Waals surface area contributed by atoms with E-state index in [4.69, 9.17) is 11.6 Å². The maximum atomic E-state index is 10.8. The second-order valence-electron chi connectivity index (χ2n) is 4.81. The number of halogens is 1. The average molecular weight is 261 g/mol. The molecule has 0 radical (unpaired) electrons. The molecule has 94 valence electrons. The van der Waals surface area contributed by atoms with E-state index < -0.39 is 10.5 Å². The second-order valence-corrected chi connectivity index (χ2v) is 5.56. The van der Waals surface area contributed by atoms with Crippen molar-refractivity contribution in [1.29, 1.82) is 0 Å². The quantitative estimate of drug-likeness (QED) is 0.826. The molecule has 0 fully saturated rings. The highest BCUT2D eigenvalue weighted by Crippen LogP contribution is 2.45. The van der Waals surface area contributed by atoms with E-state index in [1.165, 1.54) is 0 Å². The van der Waals surface area contributed by atoms with Gasteiger partial charge in [-0.15, -0.1) is 11.6 Å². The number of benzene rings is 2. The third-order valence-corrected chi connectivity index (χ3v) is 4.15. The van der Waals surface area contributed by atoms with E-state index in [-0.39, 0.29) is 0 Å². The molecule has 0 heterocycles. The van der Waals surface area contributed by atoms with E-state index in [1.807, 2.05) is 67.6 Å². The van der Waals surface area contributed by atoms with Crippen LogP contribution in [-0.2, 0) is 10.5 Å². The Labute approximate surface area is 113 Å². The minimum Gasteiger partial charge on any atom is -0.383 e. The summed E-state index contributed by atoms with van der Waals surface area (Å²) >= 11 is 6.64. The summed E-state index contributed by atoms with van der Waals surface area (Å²) in [6.07, 6.45) is 0. The predicted molar refractivity (Wildman–Crippen MR) is 75.7 cm³/mol. The van der Waals surface area contributed by atoms with Crippen LogP contribution in [0.2, 0.25) is 0 Å². The van der Waals surface area contributed by atoms with Gasteiger partial charge < -0.3 is 5.11 Å². The van der Waals surface area contributed by atoms with Gasteiger partial charge in [0.15, 0.2) is 0 Å². The van der Waals surface area contributed by atoms with E-state index in [9.17, 15) is 5.11 Å². The average Bonchev–Trinajstić information content (AvgIpc) is 2.40. The first-order valence-corrected chi connectivity index (χ1v) is 6.36. The SMILES string of the molecule is CC(O)(c1ccccc1)C(C)(Cl)c1ccccc1. The molecule has 2 aromatic carbocycles. The van der Waals surface area contributed by atoms with Crippen LogP contribution in [0.5, 0.6) is 0 Å². The van der Waals surface area contributed by atoms with Crippen LogP contribution in [0.15, 0.2) is 60.7 Å². The van der Waals surface area contributed by atoms with E-state index in [0.29, 0.717) is 0 Å². The molecule has 2 aromatic rings. The summed E-state index contributed by atoms with van der Waals surface area (Å²) in [5.74, 6) is 0. The Kier molecular flexibility index (Phi) is 3.47. The largest absolute Gasteiger partial charge is 0.383 e. The van der Waals surface area contributed by atoms with Gasteiger partial charge in [0.25, 0.3) is 0 Å². The topological polar surface area (TPSA) is 20.2 Å². The molecular formula is C16H17ClO. The summed E-state index contributed by atoms with van der Waals surface area (Å²) < 4.78 is 0. The minimum absolute atomic E-state index is 0.811. The highest BCUT2D eigenvalue weighted by molar-refractivity contribution is 6.24. The maximum Gasteiger partial charge on any atom is 0.110 e. The highest BCUT2D eigenvalue weighted by atomic mass is 35.5. The second kappa shape index (κ2) is 4.75. The molecule has 0 saturated carbocycles. The van der Waals surface area contributed by atoms with E-state index >= 15 is 0 Å². The molecule has 2 rings (SSSR count). The first-order valence-electron chi connectivity index (χ1n) is 5.98. The maximum absolute atomic E-state index is 10.8. The number of hydrogen-bond acceptors (Lipinski definition) is 1. The molecule has 1 N–H and O–H groups in total. The van der Waals surface area contributed by atoms with Crippen LogP contribution in [0.4, 0.5) is 0 Å². The van der Waals surface area contributed by atoms with Crippen molar-refractivity contribution in [2.24, 2.45) is 0 Å². The summed E-state index contributed by atoms with van der Waals surface area (Å²) in [5.41, 5.74) is 0.573. The zero-order valence-corrected chi connectivity index (χ0v) is 11.4. The first-order chi connectivity index (χ1) is 8.46. The molecule has 0 aliphatic rings. The van der Waals surface area contributed by atoms with Crippen molar-refractivity contribution >= 4 is 11.6 Å². The van der Waals surface area contributed by atoms with Crippen molar-refractivity contribution in [2.75, 3.05) is 0 Å². The van der Waals surface area contributed by atoms with Crippen LogP contribution >= 0.6 is 11.6 Å². The van der Waals surface area contributed by atoms with Gasteiger partial charge in [0, 0.05) is 0 Å². The molecule has 18 heavy (non-hydrogen) atoms. The molecule has 0 aliphatic carbocycles. The number of aliphatic hydroxyl groups is 1. The van der Waals surface area contributed by atoms with Crippen LogP contribution < -0.4 is 0 Å². The van der Waals surface area contributed by atoms with Crippen molar-refractivity contribution in [3.63, 3.8) is 0 Å². The van der Waals surface area contributed by atoms with Gasteiger partial charge in [-0.05, 0) is 25.0 Å². The normalized spacial score (nSPS) is 17.8. The first kappa shape index (κ1) is 13.1. The van der Waals surface area contributed by atoms with Crippen molar-refractivity contribution in [3.05, 3.63) is 71.8 Å². The van der Waals surface area contributed by atoms with E-state index in [1.54, 1.807) is 6.92 Å². The van der Waals surface area contributed by atoms with Gasteiger partial charge in [0.05, 0.1) is 4.87 Å². The smallest absolute Gasteiger partial charge is 0.110 e. The molecular weight excluding hydrogens is 244 g/mol. The Bertz CT molecular complexity index is 454. The van der Waals surface area contributed by atoms with Crippen LogP contribution in [0.1, 0.15) is 25.0 Å². The summed E-state index contributed by atoms with van der Waals surface area (Å²) in [7, 11) is 0. The van der Waals surface area contributed by atoms with Gasteiger partial charge in [-0.1, -0.05) is 60.7 Å². The lowest BCUT2D eigenvalue weighted by Gasteiger charge is -2.38. The van der Waals surface area contributed by atoms with Crippen LogP contribution in [-0.4, -0.2) is 5.11 Å². The molecule has 1 nitrogen and oxygen atoms in total. The Balaban J connectivity index is 2.47. The molecule has 0 aromatic heterocycles. The zero-order valence-electron chi connectivity index (χ0n) is 10.6. The van der Waals surface area contributed by atoms with Crippen LogP contribution in [0.25, 0.3) is 0 Å². The molecule has 2 heteroatoms. The summed E-state index contributed by atoms with van der Waals surface area (Å²) in [6.45, 7) is 3.60. The standard InChI is InChI=1S/C16H17ClO/c1-15(17,13-9-5-3-6-10-13)16(2,18)14-11-7-4-8-12-14/h3-12,18H,1-2H3. The van der Waals surface area contributed by atoms with E-state index in [0.717, 1.165) is 11.1 Å². The Morgan fingerprint density at radius 3 is 1.61 bits per heavy atom. The Hall–Kier alpha value is -1.31. The summed E-state index contributed by atoms with van der Waals surface area (Å²) in [5, 5.41) is 10.8. The lowest BCUT2D eigenvalue weighted by Crippen LogP contribution is -2.40. The fraction of sp³-hybridized carbons (Fsp3) is 0.250. The molecule has 0 bridgehead atoms. The number of hydrogen-bond donors (Lipinski definition) is 1. The lowest BCUT2D eigenvalue weighted by molar-refractivity contribution is 0.0144. The fourth-order valence-electron chi connectivity index (χ4n) is 2.07. The molecule has 2 atom stereocenters. The van der Waals surface area contributed by atoms with Crippen molar-refractivity contribution in [2.45, 2.75) is 24.3 Å². The summed E-state index contributed by atoms with van der Waals surface area (Å²) in [6, 6.07) is 19.2. The molecule has 2 unspecified atom stereocenters. The Morgan fingerprint density at radius 2 is 1.17 bits per heavy atom. The fourth-order valence-corrected chi connectivity index (χ4v) is 2.30. The van der Waals surface area contributed by atoms with Gasteiger partial charge in [0.1, 0.15) is 5.60 Å². The van der Waals surface area contributed by atoms with Crippen LogP contribution in [0.3, 0.4) is 0 Å². The lowest BCUT2D eigenvalue weighted by atomic mass is 9.79. The molecule has 0 aliphatic heterocycles. The zero-order chi connectivity index (χ0) is 13.2. The van der Waals surface area contributed by atoms with Crippen molar-refractivity contribution in [3.8, 4) is 0 Å². The van der Waals surface area contributed by atoms with Gasteiger partial charge in [-0.25, -0.2) is 0 Å². The van der Waals surface area contributed by atoms with Gasteiger partial charge in [0.2, 0.25) is 0 Å². The van der Waals surface area contributed by atoms with E-state index in [2.05, 4.69) is 0 Å². The van der Waals surface area contributed by atoms with Gasteiger partial charge in [-0.3, -0.25) is 0 Å². The van der Waals surface area contributed by atoms with Gasteiger partial charge >= 0.3 is 0 Å². The number of alkyl halides is 1. The molecule has 0 amide bonds. The number of rotatable bonds is 3. The third kappa shape index (κ3) is 2.16. The van der Waals surface area contributed by atoms with Crippen molar-refractivity contribution < 1.29 is 5.11 Å². The highest BCUT2D eigenvalue weighted by Gasteiger charge is 2.44. The minimum atomic E-state index is -1.14. The summed E-state index contributed by atoms with van der Waals surface area (Å²) in [4.78, 5) is -0.879. The monoisotopic (exact) mass is 260 g/mol. The van der Waals surface area contributed by atoms with Gasteiger partial charge in [-0.2, -0.15) is 0 Å². The predicted octanol–water partition coefficient (Wildman–Crippen LogP) is 4.05. The van der Waals surface area contributed by atoms with Crippen LogP contribution in [0, 0.1) is 0 Å². The third-order valence-electron chi connectivity index (χ3n) is 3.57. The molecule has 0 saturated heterocycles. The van der Waals surface area contributed by atoms with Crippen molar-refractivity contribution in [1.82, 2.24) is 0 Å².